The lowest BCUT2D eigenvalue weighted by atomic mass is 10.1. The molecule has 2 aromatic rings. The number of methoxy groups -OCH3 is 2. The Morgan fingerprint density at radius 2 is 1.62 bits per heavy atom. The van der Waals surface area contributed by atoms with Gasteiger partial charge in [0.2, 0.25) is 0 Å². The zero-order chi connectivity index (χ0) is 18.1. The molecule has 2 rings (SSSR count). The van der Waals surface area contributed by atoms with Crippen molar-refractivity contribution < 1.29 is 24.5 Å². The summed E-state index contributed by atoms with van der Waals surface area (Å²) in [5.74, 6) is 0.171. The van der Waals surface area contributed by atoms with Gasteiger partial charge in [-0.25, -0.2) is 0 Å². The molecule has 0 aliphatic carbocycles. The van der Waals surface area contributed by atoms with Crippen LogP contribution in [0.2, 0.25) is 0 Å². The van der Waals surface area contributed by atoms with Crippen LogP contribution in [0.1, 0.15) is 29.8 Å². The fourth-order valence-electron chi connectivity index (χ4n) is 1.94. The minimum absolute atomic E-state index is 0.0679. The predicted molar refractivity (Wildman–Crippen MR) is 94.0 cm³/mol. The van der Waals surface area contributed by atoms with Crippen molar-refractivity contribution in [2.75, 3.05) is 14.2 Å². The molecule has 0 atom stereocenters. The van der Waals surface area contributed by atoms with E-state index in [9.17, 15) is 15.0 Å². The first-order valence-electron chi connectivity index (χ1n) is 7.51. The lowest BCUT2D eigenvalue weighted by Gasteiger charge is -2.10. The third-order valence-corrected chi connectivity index (χ3v) is 3.08. The van der Waals surface area contributed by atoms with Crippen molar-refractivity contribution in [1.29, 1.82) is 0 Å². The van der Waals surface area contributed by atoms with Crippen molar-refractivity contribution in [2.45, 2.75) is 13.8 Å². The quantitative estimate of drug-likeness (QED) is 0.639. The summed E-state index contributed by atoms with van der Waals surface area (Å²) in [5.41, 5.74) is 0.816. The number of carbonyl (C=O) groups excluding carboxylic acids is 1. The molecule has 0 unspecified atom stereocenters. The molecule has 24 heavy (non-hydrogen) atoms. The predicted octanol–water partition coefficient (Wildman–Crippen LogP) is 4.04. The molecule has 5 nitrogen and oxygen atoms in total. The number of ketones is 1. The Hall–Kier alpha value is -2.95. The van der Waals surface area contributed by atoms with E-state index in [1.54, 1.807) is 18.2 Å². The molecule has 0 saturated carbocycles. The molecule has 0 amide bonds. The van der Waals surface area contributed by atoms with Gasteiger partial charge in [0, 0.05) is 12.1 Å². The number of benzene rings is 2. The van der Waals surface area contributed by atoms with E-state index in [4.69, 9.17) is 9.47 Å². The summed E-state index contributed by atoms with van der Waals surface area (Å²) in [4.78, 5) is 12.3. The minimum Gasteiger partial charge on any atom is -0.508 e. The topological polar surface area (TPSA) is 76.0 Å². The van der Waals surface area contributed by atoms with Gasteiger partial charge >= 0.3 is 0 Å². The molecule has 0 radical (unpaired) electrons. The Balaban J connectivity index is 0.00000139. The van der Waals surface area contributed by atoms with E-state index in [2.05, 4.69) is 0 Å². The van der Waals surface area contributed by atoms with E-state index < -0.39 is 5.78 Å². The van der Waals surface area contributed by atoms with Crippen molar-refractivity contribution in [3.63, 3.8) is 0 Å². The van der Waals surface area contributed by atoms with Crippen LogP contribution in [0.4, 0.5) is 0 Å². The van der Waals surface area contributed by atoms with Crippen LogP contribution >= 0.6 is 0 Å². The van der Waals surface area contributed by atoms with E-state index in [1.807, 2.05) is 13.8 Å². The Morgan fingerprint density at radius 1 is 1.00 bits per heavy atom. The van der Waals surface area contributed by atoms with Gasteiger partial charge in [-0.1, -0.05) is 32.1 Å². The second kappa shape index (κ2) is 9.25. The highest BCUT2D eigenvalue weighted by molar-refractivity contribution is 6.10. The molecular weight excluding hydrogens is 308 g/mol. The van der Waals surface area contributed by atoms with Crippen molar-refractivity contribution in [3.8, 4) is 23.0 Å². The van der Waals surface area contributed by atoms with Crippen molar-refractivity contribution in [3.05, 3.63) is 53.6 Å². The first-order chi connectivity index (χ1) is 11.5. The van der Waals surface area contributed by atoms with Crippen molar-refractivity contribution in [2.24, 2.45) is 0 Å². The highest BCUT2D eigenvalue weighted by Crippen LogP contribution is 2.33. The van der Waals surface area contributed by atoms with Crippen LogP contribution < -0.4 is 9.47 Å². The van der Waals surface area contributed by atoms with Gasteiger partial charge in [0.15, 0.2) is 5.78 Å². The zero-order valence-corrected chi connectivity index (χ0v) is 14.2. The van der Waals surface area contributed by atoms with E-state index in [-0.39, 0.29) is 22.8 Å². The maximum atomic E-state index is 12.3. The fraction of sp³-hybridized carbons (Fsp3) is 0.211. The number of ether oxygens (including phenoxy) is 2. The zero-order valence-electron chi connectivity index (χ0n) is 14.2. The number of carbonyl (C=O) groups is 1. The lowest BCUT2D eigenvalue weighted by Crippen LogP contribution is -2.00. The number of phenolic OH excluding ortho intramolecular Hbond substituents is 2. The van der Waals surface area contributed by atoms with E-state index in [0.29, 0.717) is 5.75 Å². The van der Waals surface area contributed by atoms with E-state index in [0.717, 1.165) is 5.56 Å². The molecule has 0 saturated heterocycles. The molecule has 0 heterocycles. The van der Waals surface area contributed by atoms with Crippen LogP contribution in [0.25, 0.3) is 6.08 Å². The third kappa shape index (κ3) is 4.78. The van der Waals surface area contributed by atoms with E-state index in [1.165, 1.54) is 44.6 Å². The molecule has 0 aromatic heterocycles. The Bertz CT molecular complexity index is 702. The van der Waals surface area contributed by atoms with Crippen LogP contribution in [-0.2, 0) is 0 Å². The van der Waals surface area contributed by atoms with Gasteiger partial charge in [-0.05, 0) is 23.8 Å². The first kappa shape index (κ1) is 19.1. The average Bonchev–Trinajstić information content (AvgIpc) is 2.61. The summed E-state index contributed by atoms with van der Waals surface area (Å²) >= 11 is 0. The van der Waals surface area contributed by atoms with Crippen LogP contribution in [-0.4, -0.2) is 30.2 Å². The van der Waals surface area contributed by atoms with Gasteiger partial charge in [0.25, 0.3) is 0 Å². The second-order valence-electron chi connectivity index (χ2n) is 4.51. The minimum atomic E-state index is -0.398. The van der Waals surface area contributed by atoms with Crippen LogP contribution in [0.15, 0.2) is 42.5 Å². The summed E-state index contributed by atoms with van der Waals surface area (Å²) in [7, 11) is 2.87. The first-order valence-corrected chi connectivity index (χ1v) is 7.51. The normalized spacial score (nSPS) is 10.0. The number of rotatable bonds is 5. The van der Waals surface area contributed by atoms with Crippen molar-refractivity contribution in [1.82, 2.24) is 0 Å². The molecule has 128 valence electrons. The summed E-state index contributed by atoms with van der Waals surface area (Å²) in [6.07, 6.45) is 2.92. The average molecular weight is 330 g/mol. The van der Waals surface area contributed by atoms with Gasteiger partial charge in [0.05, 0.1) is 14.2 Å². The lowest BCUT2D eigenvalue weighted by molar-refractivity contribution is 0.104. The maximum absolute atomic E-state index is 12.3. The Labute approximate surface area is 141 Å². The molecule has 0 spiro atoms. The van der Waals surface area contributed by atoms with Gasteiger partial charge in [-0.15, -0.1) is 0 Å². The number of phenols is 2. The monoisotopic (exact) mass is 330 g/mol. The summed E-state index contributed by atoms with van der Waals surface area (Å²) < 4.78 is 10.1. The van der Waals surface area contributed by atoms with Gasteiger partial charge in [0.1, 0.15) is 28.6 Å². The molecular formula is C19H22O5. The Kier molecular flexibility index (Phi) is 7.36. The summed E-state index contributed by atoms with van der Waals surface area (Å²) in [6.45, 7) is 4.00. The largest absolute Gasteiger partial charge is 0.508 e. The maximum Gasteiger partial charge on any atom is 0.193 e. The van der Waals surface area contributed by atoms with Gasteiger partial charge < -0.3 is 19.7 Å². The van der Waals surface area contributed by atoms with Crippen molar-refractivity contribution >= 4 is 11.9 Å². The van der Waals surface area contributed by atoms with Crippen LogP contribution in [0.3, 0.4) is 0 Å². The SMILES string of the molecule is CC.COc1cc(O)c(C(=O)/C=C/c2ccc(O)cc2)c(OC)c1. The van der Waals surface area contributed by atoms with E-state index >= 15 is 0 Å². The van der Waals surface area contributed by atoms with Crippen LogP contribution in [0.5, 0.6) is 23.0 Å². The number of hydrogen-bond acceptors (Lipinski definition) is 5. The van der Waals surface area contributed by atoms with Gasteiger partial charge in [-0.3, -0.25) is 4.79 Å². The second-order valence-corrected chi connectivity index (χ2v) is 4.51. The number of hydrogen-bond donors (Lipinski definition) is 2. The number of aromatic hydroxyl groups is 2. The molecule has 0 bridgehead atoms. The summed E-state index contributed by atoms with van der Waals surface area (Å²) in [5, 5.41) is 19.2. The fourth-order valence-corrected chi connectivity index (χ4v) is 1.94. The molecule has 2 N–H and O–H groups in total. The molecule has 0 aliphatic heterocycles. The Morgan fingerprint density at radius 3 is 2.17 bits per heavy atom. The number of allylic oxidation sites excluding steroid dienone is 1. The molecule has 0 fully saturated rings. The third-order valence-electron chi connectivity index (χ3n) is 3.08. The summed E-state index contributed by atoms with van der Waals surface area (Å²) in [6, 6.07) is 9.27. The molecule has 2 aromatic carbocycles. The molecule has 5 heteroatoms. The highest BCUT2D eigenvalue weighted by atomic mass is 16.5. The molecule has 0 aliphatic rings. The highest BCUT2D eigenvalue weighted by Gasteiger charge is 2.17. The van der Waals surface area contributed by atoms with Crippen LogP contribution in [0, 0.1) is 0 Å². The standard InChI is InChI=1S/C17H16O5.C2H6/c1-21-13-9-15(20)17(16(10-13)22-2)14(19)8-5-11-3-6-12(18)7-4-11;1-2/h3-10,18,20H,1-2H3;1-2H3/b8-5+;. The smallest absolute Gasteiger partial charge is 0.193 e. The van der Waals surface area contributed by atoms with Gasteiger partial charge in [-0.2, -0.15) is 0 Å².